The number of rotatable bonds is 9. The van der Waals surface area contributed by atoms with Crippen molar-refractivity contribution < 1.29 is 19.4 Å². The summed E-state index contributed by atoms with van der Waals surface area (Å²) in [4.78, 5) is 24.4. The highest BCUT2D eigenvalue weighted by Crippen LogP contribution is 2.35. The lowest BCUT2D eigenvalue weighted by Gasteiger charge is -2.37. The van der Waals surface area contributed by atoms with E-state index >= 15 is 0 Å². The van der Waals surface area contributed by atoms with Gasteiger partial charge in [-0.05, 0) is 44.9 Å². The topological polar surface area (TPSA) is 63.6 Å². The fourth-order valence-corrected chi connectivity index (χ4v) is 2.84. The van der Waals surface area contributed by atoms with E-state index in [2.05, 4.69) is 20.4 Å². The third-order valence-corrected chi connectivity index (χ3v) is 4.95. The van der Waals surface area contributed by atoms with E-state index in [1.165, 1.54) is 0 Å². The van der Waals surface area contributed by atoms with Gasteiger partial charge in [-0.15, -0.1) is 6.58 Å². The molecule has 0 spiro atoms. The van der Waals surface area contributed by atoms with Crippen LogP contribution in [0.3, 0.4) is 0 Å². The number of carbonyl (C=O) groups excluding carboxylic acids is 2. The first-order valence-electron chi connectivity index (χ1n) is 8.78. The van der Waals surface area contributed by atoms with Gasteiger partial charge >= 0.3 is 5.97 Å². The molecular weight excluding hydrogens is 304 g/mol. The number of esters is 1. The van der Waals surface area contributed by atoms with E-state index in [9.17, 15) is 14.7 Å². The molecule has 0 saturated heterocycles. The predicted octanol–water partition coefficient (Wildman–Crippen LogP) is 4.16. The summed E-state index contributed by atoms with van der Waals surface area (Å²) in [6.07, 6.45) is 1.60. The molecule has 0 heterocycles. The summed E-state index contributed by atoms with van der Waals surface area (Å²) in [7, 11) is 0. The fourth-order valence-electron chi connectivity index (χ4n) is 2.84. The van der Waals surface area contributed by atoms with Gasteiger partial charge in [0, 0.05) is 0 Å². The summed E-state index contributed by atoms with van der Waals surface area (Å²) in [5.74, 6) is -0.318. The second-order valence-electron chi connectivity index (χ2n) is 8.57. The van der Waals surface area contributed by atoms with Gasteiger partial charge in [-0.25, -0.2) is 0 Å². The average Bonchev–Trinajstić information content (AvgIpc) is 2.42. The van der Waals surface area contributed by atoms with Gasteiger partial charge in [0.1, 0.15) is 12.0 Å². The zero-order valence-electron chi connectivity index (χ0n) is 16.7. The maximum atomic E-state index is 12.5. The minimum absolute atomic E-state index is 0.0717. The van der Waals surface area contributed by atoms with Gasteiger partial charge in [0.15, 0.2) is 5.78 Å². The summed E-state index contributed by atoms with van der Waals surface area (Å²) in [5.41, 5.74) is -1.62. The van der Waals surface area contributed by atoms with Gasteiger partial charge in [-0.3, -0.25) is 9.59 Å². The van der Waals surface area contributed by atoms with Crippen LogP contribution in [-0.4, -0.2) is 28.6 Å². The Hall–Kier alpha value is -1.16. The van der Waals surface area contributed by atoms with Crippen LogP contribution < -0.4 is 0 Å². The van der Waals surface area contributed by atoms with Crippen molar-refractivity contribution in [2.75, 3.05) is 0 Å². The quantitative estimate of drug-likeness (QED) is 0.389. The molecule has 0 amide bonds. The zero-order valence-corrected chi connectivity index (χ0v) is 16.7. The Morgan fingerprint density at radius 2 is 1.58 bits per heavy atom. The Bertz CT molecular complexity index is 445. The highest BCUT2D eigenvalue weighted by molar-refractivity contribution is 5.98. The second-order valence-corrected chi connectivity index (χ2v) is 8.57. The normalized spacial score (nSPS) is 17.5. The number of hydrogen-bond donors (Lipinski definition) is 1. The number of hydrogen-bond acceptors (Lipinski definition) is 4. The molecule has 0 saturated carbocycles. The highest BCUT2D eigenvalue weighted by Gasteiger charge is 2.41. The van der Waals surface area contributed by atoms with Crippen molar-refractivity contribution in [1.82, 2.24) is 0 Å². The van der Waals surface area contributed by atoms with Crippen LogP contribution in [0.4, 0.5) is 0 Å². The molecule has 0 radical (unpaired) electrons. The van der Waals surface area contributed by atoms with Crippen molar-refractivity contribution in [2.24, 2.45) is 23.2 Å². The standard InChI is InChI=1S/C20H36O4/c1-10-11-13(2)14(3)15(4)18(23)20(8,9)16(21)12-17(22)24-19(5,6)7/h10,13-15,18,23H,1,11-12H2,2-9H3/t13-,14-,15+,18-/m0/s1. The molecule has 4 nitrogen and oxygen atoms in total. The van der Waals surface area contributed by atoms with Crippen LogP contribution in [0, 0.1) is 23.2 Å². The van der Waals surface area contributed by atoms with Crippen LogP contribution in [0.1, 0.15) is 68.2 Å². The van der Waals surface area contributed by atoms with Crippen LogP contribution in [-0.2, 0) is 14.3 Å². The van der Waals surface area contributed by atoms with Gasteiger partial charge < -0.3 is 9.84 Å². The fraction of sp³-hybridized carbons (Fsp3) is 0.800. The van der Waals surface area contributed by atoms with Gasteiger partial charge in [-0.1, -0.05) is 40.7 Å². The number of aliphatic hydroxyl groups excluding tert-OH is 1. The predicted molar refractivity (Wildman–Crippen MR) is 97.6 cm³/mol. The number of ketones is 1. The van der Waals surface area contributed by atoms with Crippen LogP contribution in [0.5, 0.6) is 0 Å². The lowest BCUT2D eigenvalue weighted by atomic mass is 9.70. The van der Waals surface area contributed by atoms with E-state index in [1.54, 1.807) is 34.6 Å². The van der Waals surface area contributed by atoms with Crippen molar-refractivity contribution in [1.29, 1.82) is 0 Å². The van der Waals surface area contributed by atoms with Crippen molar-refractivity contribution in [3.8, 4) is 0 Å². The van der Waals surface area contributed by atoms with E-state index in [0.717, 1.165) is 6.42 Å². The van der Waals surface area contributed by atoms with E-state index in [0.29, 0.717) is 5.92 Å². The van der Waals surface area contributed by atoms with E-state index < -0.39 is 23.1 Å². The van der Waals surface area contributed by atoms with Crippen LogP contribution in [0.2, 0.25) is 0 Å². The Balaban J connectivity index is 4.98. The summed E-state index contributed by atoms with van der Waals surface area (Å²) in [6, 6.07) is 0. The molecule has 4 atom stereocenters. The van der Waals surface area contributed by atoms with Gasteiger partial charge in [0.2, 0.25) is 0 Å². The molecule has 1 N–H and O–H groups in total. The first kappa shape index (κ1) is 22.8. The highest BCUT2D eigenvalue weighted by atomic mass is 16.6. The minimum Gasteiger partial charge on any atom is -0.460 e. The number of carbonyl (C=O) groups is 2. The smallest absolute Gasteiger partial charge is 0.313 e. The largest absolute Gasteiger partial charge is 0.460 e. The molecule has 0 aliphatic heterocycles. The molecule has 4 heteroatoms. The van der Waals surface area contributed by atoms with Crippen LogP contribution in [0.25, 0.3) is 0 Å². The Morgan fingerprint density at radius 3 is 2.00 bits per heavy atom. The van der Waals surface area contributed by atoms with E-state index in [4.69, 9.17) is 4.74 Å². The molecule has 0 unspecified atom stereocenters. The Morgan fingerprint density at radius 1 is 1.08 bits per heavy atom. The molecule has 0 aromatic rings. The number of ether oxygens (including phenoxy) is 1. The monoisotopic (exact) mass is 340 g/mol. The molecule has 140 valence electrons. The van der Waals surface area contributed by atoms with Crippen LogP contribution >= 0.6 is 0 Å². The van der Waals surface area contributed by atoms with Crippen molar-refractivity contribution in [2.45, 2.75) is 79.9 Å². The third-order valence-electron chi connectivity index (χ3n) is 4.95. The maximum Gasteiger partial charge on any atom is 0.313 e. The molecule has 0 rings (SSSR count). The van der Waals surface area contributed by atoms with Crippen molar-refractivity contribution >= 4 is 11.8 Å². The average molecular weight is 341 g/mol. The lowest BCUT2D eigenvalue weighted by Crippen LogP contribution is -2.45. The Labute approximate surface area is 147 Å². The molecule has 0 bridgehead atoms. The van der Waals surface area contributed by atoms with E-state index in [1.807, 2.05) is 13.0 Å². The first-order valence-corrected chi connectivity index (χ1v) is 8.78. The van der Waals surface area contributed by atoms with Crippen molar-refractivity contribution in [3.63, 3.8) is 0 Å². The third kappa shape index (κ3) is 6.76. The number of aliphatic hydroxyl groups is 1. The zero-order chi connectivity index (χ0) is 19.3. The van der Waals surface area contributed by atoms with Gasteiger partial charge in [-0.2, -0.15) is 0 Å². The summed E-state index contributed by atoms with van der Waals surface area (Å²) >= 11 is 0. The number of Topliss-reactive ketones (excluding diaryl/α,β-unsaturated/α-hetero) is 1. The second kappa shape index (κ2) is 8.80. The van der Waals surface area contributed by atoms with Crippen LogP contribution in [0.15, 0.2) is 12.7 Å². The minimum atomic E-state index is -1.00. The molecule has 0 aliphatic carbocycles. The molecule has 24 heavy (non-hydrogen) atoms. The molecule has 0 aromatic carbocycles. The SMILES string of the molecule is C=CC[C@H](C)[C@H](C)[C@@H](C)[C@H](O)C(C)(C)C(=O)CC(=O)OC(C)(C)C. The summed E-state index contributed by atoms with van der Waals surface area (Å²) in [6.45, 7) is 18.6. The maximum absolute atomic E-state index is 12.5. The molecule has 0 fully saturated rings. The molecule has 0 aromatic heterocycles. The molecular formula is C20H36O4. The van der Waals surface area contributed by atoms with E-state index in [-0.39, 0.29) is 24.0 Å². The number of allylic oxidation sites excluding steroid dienone is 1. The van der Waals surface area contributed by atoms with Crippen molar-refractivity contribution in [3.05, 3.63) is 12.7 Å². The first-order chi connectivity index (χ1) is 10.7. The summed E-state index contributed by atoms with van der Waals surface area (Å²) < 4.78 is 5.21. The van der Waals surface area contributed by atoms with Gasteiger partial charge in [0.05, 0.1) is 11.5 Å². The summed E-state index contributed by atoms with van der Waals surface area (Å²) in [5, 5.41) is 10.8. The lowest BCUT2D eigenvalue weighted by molar-refractivity contribution is -0.159. The molecule has 0 aliphatic rings. The van der Waals surface area contributed by atoms with Gasteiger partial charge in [0.25, 0.3) is 0 Å². The Kier molecular flexibility index (Phi) is 8.37.